The van der Waals surface area contributed by atoms with Gasteiger partial charge in [-0.15, -0.1) is 0 Å². The molecule has 1 saturated heterocycles. The van der Waals surface area contributed by atoms with Gasteiger partial charge in [0.1, 0.15) is 25.6 Å². The number of ether oxygens (including phenoxy) is 2. The topological polar surface area (TPSA) is 81.5 Å². The molecule has 0 aliphatic carbocycles. The summed E-state index contributed by atoms with van der Waals surface area (Å²) in [5, 5.41) is 7.19. The maximum Gasteiger partial charge on any atom is 0.260 e. The van der Waals surface area contributed by atoms with Crippen molar-refractivity contribution in [1.82, 2.24) is 19.7 Å². The molecule has 3 aliphatic heterocycles. The third-order valence-electron chi connectivity index (χ3n) is 6.17. The molecular formula is C20H23F2N5O3. The first-order valence-corrected chi connectivity index (χ1v) is 10.2. The lowest BCUT2D eigenvalue weighted by atomic mass is 9.85. The smallest absolute Gasteiger partial charge is 0.260 e. The average Bonchev–Trinajstić information content (AvgIpc) is 3.26. The van der Waals surface area contributed by atoms with Gasteiger partial charge in [0.2, 0.25) is 5.95 Å². The highest BCUT2D eigenvalue weighted by Gasteiger charge is 2.38. The van der Waals surface area contributed by atoms with Crippen molar-refractivity contribution in [1.29, 1.82) is 0 Å². The highest BCUT2D eigenvalue weighted by atomic mass is 19.3. The molecular weight excluding hydrogens is 396 g/mol. The van der Waals surface area contributed by atoms with Gasteiger partial charge in [0.15, 0.2) is 11.5 Å². The van der Waals surface area contributed by atoms with E-state index >= 15 is 0 Å². The summed E-state index contributed by atoms with van der Waals surface area (Å²) in [7, 11) is 0. The standard InChI is InChI=1S/C20H23F2N5O3/c21-18(22)15-10-14(25-20-23-11-24-27(15)20)12-3-5-26(6-4-12)19(28)13-1-2-16-17(9-13)30-8-7-29-16/h1-2,9,11-12,14-15,18H,3-8,10H2,(H,23,24,25)/t14-,15+/m0/s1. The molecule has 0 unspecified atom stereocenters. The van der Waals surface area contributed by atoms with Crippen LogP contribution in [0.5, 0.6) is 11.5 Å². The Morgan fingerprint density at radius 3 is 2.70 bits per heavy atom. The Hall–Kier alpha value is -2.91. The predicted octanol–water partition coefficient (Wildman–Crippen LogP) is 2.59. The van der Waals surface area contributed by atoms with Crippen molar-refractivity contribution in [2.45, 2.75) is 37.8 Å². The van der Waals surface area contributed by atoms with Crippen LogP contribution in [0.25, 0.3) is 0 Å². The average molecular weight is 419 g/mol. The molecule has 5 rings (SSSR count). The normalized spacial score (nSPS) is 23.8. The van der Waals surface area contributed by atoms with Crippen LogP contribution in [-0.4, -0.2) is 64.3 Å². The Kier molecular flexibility index (Phi) is 4.92. The fourth-order valence-electron chi connectivity index (χ4n) is 4.56. The summed E-state index contributed by atoms with van der Waals surface area (Å²) in [5.74, 6) is 1.79. The Morgan fingerprint density at radius 2 is 1.93 bits per heavy atom. The van der Waals surface area contributed by atoms with Crippen LogP contribution >= 0.6 is 0 Å². The molecule has 0 bridgehead atoms. The minimum Gasteiger partial charge on any atom is -0.486 e. The molecule has 4 heterocycles. The van der Waals surface area contributed by atoms with Gasteiger partial charge in [-0.1, -0.05) is 0 Å². The number of nitrogens with zero attached hydrogens (tertiary/aromatic N) is 4. The van der Waals surface area contributed by atoms with E-state index in [1.165, 1.54) is 11.0 Å². The second-order valence-electron chi connectivity index (χ2n) is 7.90. The molecule has 1 amide bonds. The molecule has 3 aliphatic rings. The number of hydrogen-bond acceptors (Lipinski definition) is 6. The number of piperidine rings is 1. The first-order valence-electron chi connectivity index (χ1n) is 10.2. The first-order chi connectivity index (χ1) is 14.6. The van der Waals surface area contributed by atoms with Crippen molar-refractivity contribution < 1.29 is 23.0 Å². The largest absolute Gasteiger partial charge is 0.486 e. The highest BCUT2D eigenvalue weighted by molar-refractivity contribution is 5.95. The number of carbonyl (C=O) groups excluding carboxylic acids is 1. The molecule has 1 aromatic carbocycles. The third-order valence-corrected chi connectivity index (χ3v) is 6.17. The Labute approximate surface area is 172 Å². The molecule has 8 nitrogen and oxygen atoms in total. The lowest BCUT2D eigenvalue weighted by molar-refractivity contribution is 0.0537. The van der Waals surface area contributed by atoms with E-state index in [-0.39, 0.29) is 17.9 Å². The minimum absolute atomic E-state index is 0.0489. The highest BCUT2D eigenvalue weighted by Crippen LogP contribution is 2.36. The fraction of sp³-hybridized carbons (Fsp3) is 0.550. The zero-order chi connectivity index (χ0) is 20.7. The van der Waals surface area contributed by atoms with Gasteiger partial charge in [-0.05, 0) is 43.4 Å². The van der Waals surface area contributed by atoms with E-state index in [9.17, 15) is 13.6 Å². The number of anilines is 1. The van der Waals surface area contributed by atoms with Crippen LogP contribution in [0.1, 0.15) is 35.7 Å². The molecule has 0 radical (unpaired) electrons. The van der Waals surface area contributed by atoms with Gasteiger partial charge >= 0.3 is 0 Å². The molecule has 1 fully saturated rings. The first kappa shape index (κ1) is 19.1. The van der Waals surface area contributed by atoms with E-state index in [1.54, 1.807) is 18.2 Å². The van der Waals surface area contributed by atoms with Gasteiger partial charge in [-0.25, -0.2) is 13.5 Å². The summed E-state index contributed by atoms with van der Waals surface area (Å²) < 4.78 is 39.4. The zero-order valence-electron chi connectivity index (χ0n) is 16.3. The second-order valence-corrected chi connectivity index (χ2v) is 7.90. The van der Waals surface area contributed by atoms with Crippen molar-refractivity contribution in [3.05, 3.63) is 30.1 Å². The fourth-order valence-corrected chi connectivity index (χ4v) is 4.56. The van der Waals surface area contributed by atoms with Crippen molar-refractivity contribution in [2.24, 2.45) is 5.92 Å². The third kappa shape index (κ3) is 3.44. The number of hydrogen-bond donors (Lipinski definition) is 1. The van der Waals surface area contributed by atoms with Gasteiger partial charge in [-0.2, -0.15) is 10.1 Å². The molecule has 30 heavy (non-hydrogen) atoms. The molecule has 2 aromatic rings. The van der Waals surface area contributed by atoms with Gasteiger partial charge < -0.3 is 19.7 Å². The number of halogens is 2. The number of nitrogens with one attached hydrogen (secondary N) is 1. The Morgan fingerprint density at radius 1 is 1.17 bits per heavy atom. The van der Waals surface area contributed by atoms with Crippen LogP contribution in [-0.2, 0) is 0 Å². The monoisotopic (exact) mass is 419 g/mol. The Balaban J connectivity index is 1.23. The molecule has 1 N–H and O–H groups in total. The van der Waals surface area contributed by atoms with Crippen molar-refractivity contribution in [2.75, 3.05) is 31.6 Å². The van der Waals surface area contributed by atoms with Gasteiger partial charge in [0.25, 0.3) is 12.3 Å². The summed E-state index contributed by atoms with van der Waals surface area (Å²) >= 11 is 0. The van der Waals surface area contributed by atoms with E-state index in [2.05, 4.69) is 15.4 Å². The number of carbonyl (C=O) groups is 1. The molecule has 2 atom stereocenters. The van der Waals surface area contributed by atoms with Crippen molar-refractivity contribution >= 4 is 11.9 Å². The van der Waals surface area contributed by atoms with Crippen LogP contribution in [0.3, 0.4) is 0 Å². The quantitative estimate of drug-likeness (QED) is 0.824. The number of amides is 1. The van der Waals surface area contributed by atoms with Crippen LogP contribution in [0.15, 0.2) is 24.5 Å². The molecule has 10 heteroatoms. The molecule has 0 spiro atoms. The summed E-state index contributed by atoms with van der Waals surface area (Å²) in [6.45, 7) is 2.15. The Bertz CT molecular complexity index is 929. The van der Waals surface area contributed by atoms with Crippen molar-refractivity contribution in [3.63, 3.8) is 0 Å². The zero-order valence-corrected chi connectivity index (χ0v) is 16.3. The van der Waals surface area contributed by atoms with Gasteiger partial charge in [0.05, 0.1) is 0 Å². The number of rotatable bonds is 3. The van der Waals surface area contributed by atoms with E-state index in [0.717, 1.165) is 12.8 Å². The number of alkyl halides is 2. The molecule has 160 valence electrons. The van der Waals surface area contributed by atoms with E-state index < -0.39 is 12.5 Å². The van der Waals surface area contributed by atoms with Crippen LogP contribution in [0.4, 0.5) is 14.7 Å². The van der Waals surface area contributed by atoms with Gasteiger partial charge in [0, 0.05) is 24.7 Å². The number of fused-ring (bicyclic) bond motifs is 2. The predicted molar refractivity (Wildman–Crippen MR) is 103 cm³/mol. The van der Waals surface area contributed by atoms with E-state index in [4.69, 9.17) is 9.47 Å². The van der Waals surface area contributed by atoms with Crippen molar-refractivity contribution in [3.8, 4) is 11.5 Å². The maximum absolute atomic E-state index is 13.5. The van der Waals surface area contributed by atoms with Crippen LogP contribution < -0.4 is 14.8 Å². The van der Waals surface area contributed by atoms with Gasteiger partial charge in [-0.3, -0.25) is 4.79 Å². The number of aromatic nitrogens is 3. The summed E-state index contributed by atoms with van der Waals surface area (Å²) in [6.07, 6.45) is 0.603. The summed E-state index contributed by atoms with van der Waals surface area (Å²) in [5.41, 5.74) is 0.569. The van der Waals surface area contributed by atoms with E-state index in [1.807, 2.05) is 4.90 Å². The minimum atomic E-state index is -2.49. The second kappa shape index (κ2) is 7.73. The lowest BCUT2D eigenvalue weighted by Gasteiger charge is -2.40. The van der Waals surface area contributed by atoms with Crippen LogP contribution in [0, 0.1) is 5.92 Å². The maximum atomic E-state index is 13.5. The SMILES string of the molecule is O=C(c1ccc2c(c1)OCCO2)N1CCC([C@@H]2C[C@H](C(F)F)n3ncnc3N2)CC1. The van der Waals surface area contributed by atoms with E-state index in [0.29, 0.717) is 55.7 Å². The van der Waals surface area contributed by atoms with Crippen LogP contribution in [0.2, 0.25) is 0 Å². The number of benzene rings is 1. The lowest BCUT2D eigenvalue weighted by Crippen LogP contribution is -2.46. The summed E-state index contributed by atoms with van der Waals surface area (Å²) in [6, 6.07) is 4.18. The molecule has 1 aromatic heterocycles. The molecule has 0 saturated carbocycles. The number of likely N-dealkylation sites (tertiary alicyclic amines) is 1. The summed E-state index contributed by atoms with van der Waals surface area (Å²) in [4.78, 5) is 18.8.